The Labute approximate surface area is 147 Å². The molecule has 0 radical (unpaired) electrons. The van der Waals surface area contributed by atoms with Gasteiger partial charge in [0.2, 0.25) is 0 Å². The van der Waals surface area contributed by atoms with Crippen LogP contribution >= 0.6 is 24.0 Å². The second-order valence-corrected chi connectivity index (χ2v) is 5.31. The van der Waals surface area contributed by atoms with Crippen LogP contribution in [0.25, 0.3) is 0 Å². The largest absolute Gasteiger partial charge is 0.376 e. The molecule has 0 aromatic rings. The van der Waals surface area contributed by atoms with Gasteiger partial charge in [-0.05, 0) is 39.8 Å². The zero-order valence-corrected chi connectivity index (χ0v) is 16.4. The highest BCUT2D eigenvalue weighted by atomic mass is 127. The third kappa shape index (κ3) is 8.21. The monoisotopic (exact) mass is 412 g/mol. The Morgan fingerprint density at radius 3 is 2.52 bits per heavy atom. The Balaban J connectivity index is 0.00000400. The highest BCUT2D eigenvalue weighted by Crippen LogP contribution is 2.10. The van der Waals surface area contributed by atoms with Crippen molar-refractivity contribution in [1.29, 1.82) is 0 Å². The predicted molar refractivity (Wildman–Crippen MR) is 101 cm³/mol. The standard InChI is InChI=1S/C15H32N4O.HI/c1-5-16-15(18-12-14-9-8-10-20-14)17-11-13(4)19(6-2)7-3;/h13-14H,5-12H2,1-4H3,(H2,16,17,18);1H. The molecule has 1 rings (SSSR count). The molecule has 1 aliphatic heterocycles. The number of halogens is 1. The van der Waals surface area contributed by atoms with E-state index < -0.39 is 0 Å². The van der Waals surface area contributed by atoms with Crippen molar-refractivity contribution in [1.82, 2.24) is 15.5 Å². The zero-order chi connectivity index (χ0) is 14.8. The quantitative estimate of drug-likeness (QED) is 0.364. The van der Waals surface area contributed by atoms with Crippen LogP contribution < -0.4 is 10.6 Å². The average Bonchev–Trinajstić information content (AvgIpc) is 2.96. The lowest BCUT2D eigenvalue weighted by molar-refractivity contribution is 0.113. The van der Waals surface area contributed by atoms with E-state index in [1.165, 1.54) is 6.42 Å². The highest BCUT2D eigenvalue weighted by molar-refractivity contribution is 14.0. The van der Waals surface area contributed by atoms with Crippen molar-refractivity contribution in [3.05, 3.63) is 0 Å². The fourth-order valence-corrected chi connectivity index (χ4v) is 2.54. The fraction of sp³-hybridized carbons (Fsp3) is 0.933. The van der Waals surface area contributed by atoms with Crippen LogP contribution in [0.1, 0.15) is 40.5 Å². The first kappa shape index (κ1) is 20.9. The van der Waals surface area contributed by atoms with Gasteiger partial charge in [0.1, 0.15) is 0 Å². The summed E-state index contributed by atoms with van der Waals surface area (Å²) in [4.78, 5) is 7.11. The van der Waals surface area contributed by atoms with E-state index >= 15 is 0 Å². The van der Waals surface area contributed by atoms with Gasteiger partial charge in [-0.3, -0.25) is 9.89 Å². The summed E-state index contributed by atoms with van der Waals surface area (Å²) in [5, 5.41) is 6.69. The van der Waals surface area contributed by atoms with E-state index in [2.05, 4.69) is 48.2 Å². The minimum Gasteiger partial charge on any atom is -0.376 e. The van der Waals surface area contributed by atoms with Crippen LogP contribution in [0.3, 0.4) is 0 Å². The van der Waals surface area contributed by atoms with Crippen molar-refractivity contribution < 1.29 is 4.74 Å². The molecule has 1 heterocycles. The number of likely N-dealkylation sites (N-methyl/N-ethyl adjacent to an activating group) is 1. The van der Waals surface area contributed by atoms with Crippen molar-refractivity contribution in [2.45, 2.75) is 52.7 Å². The maximum absolute atomic E-state index is 5.63. The number of hydrogen-bond acceptors (Lipinski definition) is 3. The fourth-order valence-electron chi connectivity index (χ4n) is 2.54. The molecular formula is C15H33IN4O. The Bertz CT molecular complexity index is 279. The van der Waals surface area contributed by atoms with Crippen LogP contribution in [0.2, 0.25) is 0 Å². The first-order valence-corrected chi connectivity index (χ1v) is 8.09. The number of hydrogen-bond donors (Lipinski definition) is 2. The molecule has 0 saturated carbocycles. The van der Waals surface area contributed by atoms with E-state index in [0.29, 0.717) is 12.1 Å². The van der Waals surface area contributed by atoms with E-state index in [0.717, 1.165) is 51.7 Å². The molecule has 2 atom stereocenters. The minimum atomic E-state index is 0. The lowest BCUT2D eigenvalue weighted by atomic mass is 10.2. The van der Waals surface area contributed by atoms with Crippen LogP contribution in [0.4, 0.5) is 0 Å². The predicted octanol–water partition coefficient (Wildman–Crippen LogP) is 2.07. The number of nitrogens with one attached hydrogen (secondary N) is 2. The smallest absolute Gasteiger partial charge is 0.191 e. The summed E-state index contributed by atoms with van der Waals surface area (Å²) in [6.07, 6.45) is 2.68. The van der Waals surface area contributed by atoms with E-state index in [4.69, 9.17) is 4.74 Å². The molecule has 0 amide bonds. The second kappa shape index (κ2) is 12.5. The van der Waals surface area contributed by atoms with Crippen LogP contribution in [0.5, 0.6) is 0 Å². The molecule has 2 N–H and O–H groups in total. The summed E-state index contributed by atoms with van der Waals surface area (Å²) in [5.41, 5.74) is 0. The molecule has 0 aromatic carbocycles. The molecule has 0 aromatic heterocycles. The maximum atomic E-state index is 5.63. The Kier molecular flexibility index (Phi) is 12.4. The summed E-state index contributed by atoms with van der Waals surface area (Å²) in [7, 11) is 0. The van der Waals surface area contributed by atoms with Gasteiger partial charge in [-0.2, -0.15) is 0 Å². The van der Waals surface area contributed by atoms with Gasteiger partial charge in [0, 0.05) is 25.7 Å². The van der Waals surface area contributed by atoms with Gasteiger partial charge in [0.05, 0.1) is 12.6 Å². The third-order valence-corrected chi connectivity index (χ3v) is 3.81. The summed E-state index contributed by atoms with van der Waals surface area (Å²) >= 11 is 0. The molecule has 0 bridgehead atoms. The van der Waals surface area contributed by atoms with Crippen molar-refractivity contribution in [2.75, 3.05) is 39.3 Å². The van der Waals surface area contributed by atoms with Gasteiger partial charge < -0.3 is 15.4 Å². The van der Waals surface area contributed by atoms with Gasteiger partial charge in [-0.25, -0.2) is 0 Å². The molecular weight excluding hydrogens is 379 g/mol. The Hall–Kier alpha value is -0.0800. The molecule has 0 aliphatic carbocycles. The summed E-state index contributed by atoms with van der Waals surface area (Å²) in [6.45, 7) is 14.3. The SMILES string of the molecule is CCNC(=NCC(C)N(CC)CC)NCC1CCCO1.I. The van der Waals surface area contributed by atoms with Crippen LogP contribution in [0, 0.1) is 0 Å². The minimum absolute atomic E-state index is 0. The van der Waals surface area contributed by atoms with Gasteiger partial charge in [-0.1, -0.05) is 13.8 Å². The van der Waals surface area contributed by atoms with E-state index in [1.54, 1.807) is 0 Å². The molecule has 126 valence electrons. The first-order chi connectivity index (χ1) is 9.71. The maximum Gasteiger partial charge on any atom is 0.191 e. The second-order valence-electron chi connectivity index (χ2n) is 5.31. The topological polar surface area (TPSA) is 48.9 Å². The molecule has 1 fully saturated rings. The van der Waals surface area contributed by atoms with Crippen molar-refractivity contribution in [2.24, 2.45) is 4.99 Å². The number of guanidine groups is 1. The number of ether oxygens (including phenoxy) is 1. The van der Waals surface area contributed by atoms with Crippen molar-refractivity contribution in [3.63, 3.8) is 0 Å². The molecule has 21 heavy (non-hydrogen) atoms. The van der Waals surface area contributed by atoms with E-state index in [1.807, 2.05) is 0 Å². The first-order valence-electron chi connectivity index (χ1n) is 8.09. The van der Waals surface area contributed by atoms with Gasteiger partial charge in [-0.15, -0.1) is 24.0 Å². The van der Waals surface area contributed by atoms with Crippen LogP contribution in [-0.2, 0) is 4.74 Å². The van der Waals surface area contributed by atoms with Crippen molar-refractivity contribution in [3.8, 4) is 0 Å². The Morgan fingerprint density at radius 1 is 1.29 bits per heavy atom. The van der Waals surface area contributed by atoms with Crippen LogP contribution in [-0.4, -0.2) is 62.3 Å². The van der Waals surface area contributed by atoms with E-state index in [-0.39, 0.29) is 24.0 Å². The lowest BCUT2D eigenvalue weighted by Crippen LogP contribution is -2.42. The summed E-state index contributed by atoms with van der Waals surface area (Å²) < 4.78 is 5.63. The van der Waals surface area contributed by atoms with Gasteiger partial charge in [0.15, 0.2) is 5.96 Å². The van der Waals surface area contributed by atoms with Gasteiger partial charge >= 0.3 is 0 Å². The number of nitrogens with zero attached hydrogens (tertiary/aromatic N) is 2. The molecule has 5 nitrogen and oxygen atoms in total. The lowest BCUT2D eigenvalue weighted by Gasteiger charge is -2.25. The Morgan fingerprint density at radius 2 is 2.00 bits per heavy atom. The molecule has 1 aliphatic rings. The zero-order valence-electron chi connectivity index (χ0n) is 14.0. The van der Waals surface area contributed by atoms with Gasteiger partial charge in [0.25, 0.3) is 0 Å². The number of aliphatic imine (C=N–C) groups is 1. The summed E-state index contributed by atoms with van der Waals surface area (Å²) in [6, 6.07) is 0.475. The molecule has 1 saturated heterocycles. The highest BCUT2D eigenvalue weighted by Gasteiger charge is 2.15. The normalized spacial score (nSPS) is 20.2. The number of rotatable bonds is 8. The molecule has 2 unspecified atom stereocenters. The van der Waals surface area contributed by atoms with E-state index in [9.17, 15) is 0 Å². The molecule has 6 heteroatoms. The third-order valence-electron chi connectivity index (χ3n) is 3.81. The molecule has 0 spiro atoms. The van der Waals surface area contributed by atoms with Crippen LogP contribution in [0.15, 0.2) is 4.99 Å². The average molecular weight is 412 g/mol. The van der Waals surface area contributed by atoms with Crippen molar-refractivity contribution >= 4 is 29.9 Å². The summed E-state index contributed by atoms with van der Waals surface area (Å²) in [5.74, 6) is 0.905.